The van der Waals surface area contributed by atoms with Crippen LogP contribution in [0.3, 0.4) is 0 Å². The first-order valence-electron chi connectivity index (χ1n) is 8.31. The van der Waals surface area contributed by atoms with E-state index in [0.29, 0.717) is 18.0 Å². The zero-order valence-electron chi connectivity index (χ0n) is 14.0. The van der Waals surface area contributed by atoms with E-state index in [1.165, 1.54) is 0 Å². The zero-order valence-corrected chi connectivity index (χ0v) is 14.0. The van der Waals surface area contributed by atoms with E-state index in [4.69, 9.17) is 0 Å². The molecule has 0 aromatic carbocycles. The summed E-state index contributed by atoms with van der Waals surface area (Å²) < 4.78 is 2.02. The van der Waals surface area contributed by atoms with Crippen LogP contribution in [0.1, 0.15) is 71.5 Å². The van der Waals surface area contributed by atoms with Crippen LogP contribution in [0.4, 0.5) is 0 Å². The number of hydrogen-bond acceptors (Lipinski definition) is 3. The zero-order chi connectivity index (χ0) is 15.5. The molecule has 1 aromatic heterocycles. The predicted molar refractivity (Wildman–Crippen MR) is 86.1 cm³/mol. The average molecular weight is 293 g/mol. The molecule has 0 radical (unpaired) electrons. The van der Waals surface area contributed by atoms with E-state index in [9.17, 15) is 5.11 Å². The predicted octanol–water partition coefficient (Wildman–Crippen LogP) is 3.28. The van der Waals surface area contributed by atoms with Gasteiger partial charge in [0, 0.05) is 25.3 Å². The molecular formula is C17H31N3O. The van der Waals surface area contributed by atoms with E-state index in [0.717, 1.165) is 44.3 Å². The van der Waals surface area contributed by atoms with Crippen LogP contribution in [-0.4, -0.2) is 27.0 Å². The largest absolute Gasteiger partial charge is 0.389 e. The number of rotatable bonds is 6. The Kier molecular flexibility index (Phi) is 5.10. The van der Waals surface area contributed by atoms with Crippen LogP contribution in [0.15, 0.2) is 12.3 Å². The summed E-state index contributed by atoms with van der Waals surface area (Å²) in [6, 6.07) is 2.51. The molecule has 120 valence electrons. The highest BCUT2D eigenvalue weighted by molar-refractivity contribution is 5.00. The second-order valence-corrected chi connectivity index (χ2v) is 7.54. The van der Waals surface area contributed by atoms with Gasteiger partial charge in [-0.25, -0.2) is 0 Å². The Morgan fingerprint density at radius 2 is 2.00 bits per heavy atom. The Labute approximate surface area is 128 Å². The molecule has 1 aromatic rings. The molecule has 2 rings (SSSR count). The van der Waals surface area contributed by atoms with Crippen LogP contribution in [0.2, 0.25) is 0 Å². The lowest BCUT2D eigenvalue weighted by atomic mass is 9.71. The quantitative estimate of drug-likeness (QED) is 0.846. The van der Waals surface area contributed by atoms with Gasteiger partial charge in [0.05, 0.1) is 11.3 Å². The van der Waals surface area contributed by atoms with Crippen molar-refractivity contribution in [2.45, 2.75) is 78.0 Å². The monoisotopic (exact) mass is 293 g/mol. The SMILES string of the molecule is CCC(C)n1ccc(CNCC2(O)CCC(C)(C)CC2)n1. The van der Waals surface area contributed by atoms with Crippen LogP contribution in [0.25, 0.3) is 0 Å². The first-order valence-corrected chi connectivity index (χ1v) is 8.31. The molecule has 21 heavy (non-hydrogen) atoms. The van der Waals surface area contributed by atoms with Crippen LogP contribution in [0.5, 0.6) is 0 Å². The minimum Gasteiger partial charge on any atom is -0.389 e. The summed E-state index contributed by atoms with van der Waals surface area (Å²) in [7, 11) is 0. The summed E-state index contributed by atoms with van der Waals surface area (Å²) in [6.45, 7) is 10.3. The van der Waals surface area contributed by atoms with Crippen LogP contribution in [-0.2, 0) is 6.54 Å². The number of hydrogen-bond donors (Lipinski definition) is 2. The average Bonchev–Trinajstić information content (AvgIpc) is 2.91. The lowest BCUT2D eigenvalue weighted by Gasteiger charge is -2.40. The van der Waals surface area contributed by atoms with Crippen LogP contribution in [0, 0.1) is 5.41 Å². The first kappa shape index (κ1) is 16.5. The van der Waals surface area contributed by atoms with Crippen molar-refractivity contribution in [2.24, 2.45) is 5.41 Å². The van der Waals surface area contributed by atoms with Crippen molar-refractivity contribution in [3.8, 4) is 0 Å². The van der Waals surface area contributed by atoms with Gasteiger partial charge in [-0.05, 0) is 50.5 Å². The molecule has 1 unspecified atom stereocenters. The lowest BCUT2D eigenvalue weighted by Crippen LogP contribution is -2.44. The van der Waals surface area contributed by atoms with Gasteiger partial charge < -0.3 is 10.4 Å². The van der Waals surface area contributed by atoms with Crippen LogP contribution >= 0.6 is 0 Å². The van der Waals surface area contributed by atoms with E-state index < -0.39 is 5.60 Å². The van der Waals surface area contributed by atoms with Gasteiger partial charge in [0.1, 0.15) is 0 Å². The minimum absolute atomic E-state index is 0.390. The molecule has 1 fully saturated rings. The van der Waals surface area contributed by atoms with Gasteiger partial charge in [-0.15, -0.1) is 0 Å². The molecule has 1 aliphatic rings. The van der Waals surface area contributed by atoms with Crippen LogP contribution < -0.4 is 5.32 Å². The topological polar surface area (TPSA) is 50.1 Å². The summed E-state index contributed by atoms with van der Waals surface area (Å²) in [5.74, 6) is 0. The number of nitrogens with zero attached hydrogens (tertiary/aromatic N) is 2. The van der Waals surface area contributed by atoms with E-state index >= 15 is 0 Å². The molecule has 4 heteroatoms. The maximum atomic E-state index is 10.6. The van der Waals surface area contributed by atoms with Crippen molar-refractivity contribution in [1.82, 2.24) is 15.1 Å². The van der Waals surface area contributed by atoms with Crippen molar-refractivity contribution >= 4 is 0 Å². The Balaban J connectivity index is 1.78. The van der Waals surface area contributed by atoms with E-state index in [-0.39, 0.29) is 0 Å². The van der Waals surface area contributed by atoms with E-state index in [2.05, 4.69) is 44.2 Å². The molecule has 1 atom stereocenters. The molecule has 0 aliphatic heterocycles. The lowest BCUT2D eigenvalue weighted by molar-refractivity contribution is -0.0245. The summed E-state index contributed by atoms with van der Waals surface area (Å²) in [6.07, 6.45) is 7.14. The summed E-state index contributed by atoms with van der Waals surface area (Å²) in [5.41, 5.74) is 0.908. The van der Waals surface area contributed by atoms with Crippen molar-refractivity contribution in [3.63, 3.8) is 0 Å². The fraction of sp³-hybridized carbons (Fsp3) is 0.824. The van der Waals surface area contributed by atoms with Gasteiger partial charge in [0.2, 0.25) is 0 Å². The van der Waals surface area contributed by atoms with Gasteiger partial charge in [0.15, 0.2) is 0 Å². The standard InChI is InChI=1S/C17H31N3O/c1-5-14(2)20-11-6-15(19-20)12-18-13-17(21)9-7-16(3,4)8-10-17/h6,11,14,18,21H,5,7-10,12-13H2,1-4H3. The van der Waals surface area contributed by atoms with Crippen molar-refractivity contribution in [3.05, 3.63) is 18.0 Å². The Bertz CT molecular complexity index is 443. The highest BCUT2D eigenvalue weighted by atomic mass is 16.3. The maximum Gasteiger partial charge on any atom is 0.0772 e. The van der Waals surface area contributed by atoms with Crippen molar-refractivity contribution in [1.29, 1.82) is 0 Å². The molecule has 1 aliphatic carbocycles. The molecule has 4 nitrogen and oxygen atoms in total. The van der Waals surface area contributed by atoms with Crippen molar-refractivity contribution in [2.75, 3.05) is 6.54 Å². The van der Waals surface area contributed by atoms with E-state index in [1.807, 2.05) is 10.9 Å². The van der Waals surface area contributed by atoms with Crippen molar-refractivity contribution < 1.29 is 5.11 Å². The molecule has 0 spiro atoms. The Hall–Kier alpha value is -0.870. The smallest absolute Gasteiger partial charge is 0.0772 e. The summed E-state index contributed by atoms with van der Waals surface area (Å²) in [4.78, 5) is 0. The van der Waals surface area contributed by atoms with E-state index in [1.54, 1.807) is 0 Å². The van der Waals surface area contributed by atoms with Gasteiger partial charge in [-0.3, -0.25) is 4.68 Å². The molecule has 0 saturated heterocycles. The number of nitrogens with one attached hydrogen (secondary N) is 1. The minimum atomic E-state index is -0.533. The summed E-state index contributed by atoms with van der Waals surface area (Å²) in [5, 5.41) is 18.6. The maximum absolute atomic E-state index is 10.6. The van der Waals surface area contributed by atoms with Gasteiger partial charge >= 0.3 is 0 Å². The molecule has 1 saturated carbocycles. The molecule has 1 heterocycles. The second-order valence-electron chi connectivity index (χ2n) is 7.54. The fourth-order valence-corrected chi connectivity index (χ4v) is 2.90. The number of aliphatic hydroxyl groups is 1. The molecule has 0 amide bonds. The third-order valence-electron chi connectivity index (χ3n) is 5.00. The third kappa shape index (κ3) is 4.55. The fourth-order valence-electron chi connectivity index (χ4n) is 2.90. The molecule has 2 N–H and O–H groups in total. The van der Waals surface area contributed by atoms with Gasteiger partial charge in [0.25, 0.3) is 0 Å². The highest BCUT2D eigenvalue weighted by Crippen LogP contribution is 2.39. The normalized spacial score (nSPS) is 22.1. The Morgan fingerprint density at radius 1 is 1.33 bits per heavy atom. The molecule has 0 bridgehead atoms. The third-order valence-corrected chi connectivity index (χ3v) is 5.00. The first-order chi connectivity index (χ1) is 9.84. The van der Waals surface area contributed by atoms with Gasteiger partial charge in [-0.1, -0.05) is 20.8 Å². The molecular weight excluding hydrogens is 262 g/mol. The van der Waals surface area contributed by atoms with Gasteiger partial charge in [-0.2, -0.15) is 5.10 Å². The number of aromatic nitrogens is 2. The summed E-state index contributed by atoms with van der Waals surface area (Å²) >= 11 is 0. The highest BCUT2D eigenvalue weighted by Gasteiger charge is 2.36. The second kappa shape index (κ2) is 6.49. The Morgan fingerprint density at radius 3 is 2.62 bits per heavy atom.